The Kier molecular flexibility index (Phi) is 4.65. The first-order valence-electron chi connectivity index (χ1n) is 8.07. The Morgan fingerprint density at radius 2 is 1.62 bits per heavy atom. The molecule has 0 bridgehead atoms. The van der Waals surface area contributed by atoms with Gasteiger partial charge >= 0.3 is 0 Å². The van der Waals surface area contributed by atoms with Crippen LogP contribution in [-0.4, -0.2) is 14.8 Å². The second kappa shape index (κ2) is 6.85. The van der Waals surface area contributed by atoms with Gasteiger partial charge in [0.15, 0.2) is 5.82 Å². The Bertz CT molecular complexity index is 553. The van der Waals surface area contributed by atoms with Gasteiger partial charge in [-0.3, -0.25) is 4.57 Å². The van der Waals surface area contributed by atoms with Crippen LogP contribution in [0.15, 0.2) is 30.3 Å². The van der Waals surface area contributed by atoms with Crippen molar-refractivity contribution < 1.29 is 0 Å². The van der Waals surface area contributed by atoms with Gasteiger partial charge in [-0.25, -0.2) is 0 Å². The van der Waals surface area contributed by atoms with Gasteiger partial charge in [-0.05, 0) is 18.1 Å². The van der Waals surface area contributed by atoms with Crippen LogP contribution in [0.4, 0.5) is 0 Å². The highest BCUT2D eigenvalue weighted by molar-refractivity contribution is 5.34. The second-order valence-corrected chi connectivity index (χ2v) is 5.97. The number of para-hydroxylation sites is 1. The number of aromatic nitrogens is 3. The Balaban J connectivity index is 1.86. The van der Waals surface area contributed by atoms with E-state index in [0.717, 1.165) is 29.7 Å². The smallest absolute Gasteiger partial charge is 0.151 e. The van der Waals surface area contributed by atoms with E-state index in [1.54, 1.807) is 0 Å². The van der Waals surface area contributed by atoms with E-state index in [2.05, 4.69) is 26.9 Å². The number of nitrogens with two attached hydrogens (primary N) is 1. The van der Waals surface area contributed by atoms with Crippen LogP contribution in [0, 0.1) is 5.92 Å². The Morgan fingerprint density at radius 1 is 0.952 bits per heavy atom. The normalized spacial score (nSPS) is 16.8. The van der Waals surface area contributed by atoms with Crippen molar-refractivity contribution in [2.75, 3.05) is 0 Å². The first-order chi connectivity index (χ1) is 10.4. The zero-order chi connectivity index (χ0) is 14.5. The number of rotatable bonds is 4. The van der Waals surface area contributed by atoms with Crippen molar-refractivity contribution in [3.63, 3.8) is 0 Å². The molecule has 4 heteroatoms. The highest BCUT2D eigenvalue weighted by Gasteiger charge is 2.18. The monoisotopic (exact) mass is 284 g/mol. The molecule has 0 aliphatic heterocycles. The number of benzene rings is 1. The lowest BCUT2D eigenvalue weighted by molar-refractivity contribution is 0.445. The van der Waals surface area contributed by atoms with Crippen molar-refractivity contribution >= 4 is 0 Å². The van der Waals surface area contributed by atoms with Gasteiger partial charge in [0.05, 0.1) is 6.54 Å². The standard InChI is InChI=1S/C17H24N4/c18-13-17-20-19-16(12-14-8-4-1-2-5-9-14)21(17)15-10-6-3-7-11-15/h3,6-7,10-11,14H,1-2,4-5,8-9,12-13,18H2. The fourth-order valence-electron chi connectivity index (χ4n) is 3.32. The molecule has 1 heterocycles. The maximum Gasteiger partial charge on any atom is 0.151 e. The van der Waals surface area contributed by atoms with Crippen molar-refractivity contribution in [1.29, 1.82) is 0 Å². The Hall–Kier alpha value is -1.68. The highest BCUT2D eigenvalue weighted by atomic mass is 15.3. The molecule has 0 unspecified atom stereocenters. The highest BCUT2D eigenvalue weighted by Crippen LogP contribution is 2.26. The zero-order valence-corrected chi connectivity index (χ0v) is 12.5. The summed E-state index contributed by atoms with van der Waals surface area (Å²) in [5.41, 5.74) is 6.95. The summed E-state index contributed by atoms with van der Waals surface area (Å²) in [6.07, 6.45) is 9.13. The van der Waals surface area contributed by atoms with Crippen LogP contribution >= 0.6 is 0 Å². The first kappa shape index (κ1) is 14.3. The summed E-state index contributed by atoms with van der Waals surface area (Å²) in [5, 5.41) is 8.71. The van der Waals surface area contributed by atoms with Gasteiger partial charge in [-0.2, -0.15) is 0 Å². The van der Waals surface area contributed by atoms with Gasteiger partial charge in [-0.1, -0.05) is 56.7 Å². The van der Waals surface area contributed by atoms with Gasteiger partial charge in [-0.15, -0.1) is 10.2 Å². The van der Waals surface area contributed by atoms with Crippen LogP contribution in [0.5, 0.6) is 0 Å². The van der Waals surface area contributed by atoms with Crippen LogP contribution in [0.3, 0.4) is 0 Å². The van der Waals surface area contributed by atoms with Crippen LogP contribution in [0.25, 0.3) is 5.69 Å². The molecule has 112 valence electrons. The number of hydrogen-bond donors (Lipinski definition) is 1. The minimum atomic E-state index is 0.423. The fourth-order valence-corrected chi connectivity index (χ4v) is 3.32. The molecule has 2 aromatic rings. The summed E-state index contributed by atoms with van der Waals surface area (Å²) in [4.78, 5) is 0. The Morgan fingerprint density at radius 3 is 2.29 bits per heavy atom. The van der Waals surface area contributed by atoms with E-state index in [-0.39, 0.29) is 0 Å². The quantitative estimate of drug-likeness (QED) is 0.877. The molecule has 1 fully saturated rings. The molecule has 1 aliphatic rings. The molecule has 3 rings (SSSR count). The van der Waals surface area contributed by atoms with Crippen LogP contribution in [0.1, 0.15) is 50.2 Å². The molecule has 1 aromatic carbocycles. The average Bonchev–Trinajstić information content (AvgIpc) is 2.75. The van der Waals surface area contributed by atoms with Crippen molar-refractivity contribution in [3.05, 3.63) is 42.0 Å². The lowest BCUT2D eigenvalue weighted by Crippen LogP contribution is -2.12. The molecule has 0 radical (unpaired) electrons. The third-order valence-corrected chi connectivity index (χ3v) is 4.44. The van der Waals surface area contributed by atoms with Crippen LogP contribution in [-0.2, 0) is 13.0 Å². The molecule has 0 atom stereocenters. The van der Waals surface area contributed by atoms with Crippen molar-refractivity contribution in [3.8, 4) is 5.69 Å². The number of nitrogens with zero attached hydrogens (tertiary/aromatic N) is 3. The molecule has 1 saturated carbocycles. The fraction of sp³-hybridized carbons (Fsp3) is 0.529. The zero-order valence-electron chi connectivity index (χ0n) is 12.5. The van der Waals surface area contributed by atoms with Gasteiger partial charge in [0.2, 0.25) is 0 Å². The third kappa shape index (κ3) is 3.32. The SMILES string of the molecule is NCc1nnc(CC2CCCCCC2)n1-c1ccccc1. The molecule has 4 nitrogen and oxygen atoms in total. The van der Waals surface area contributed by atoms with E-state index >= 15 is 0 Å². The van der Waals surface area contributed by atoms with E-state index < -0.39 is 0 Å². The van der Waals surface area contributed by atoms with Crippen molar-refractivity contribution in [2.45, 2.75) is 51.5 Å². The predicted molar refractivity (Wildman–Crippen MR) is 84.1 cm³/mol. The summed E-state index contributed by atoms with van der Waals surface area (Å²) in [5.74, 6) is 2.66. The van der Waals surface area contributed by atoms with E-state index in [4.69, 9.17) is 5.73 Å². The molecule has 0 amide bonds. The van der Waals surface area contributed by atoms with E-state index in [9.17, 15) is 0 Å². The molecule has 0 spiro atoms. The topological polar surface area (TPSA) is 56.7 Å². The molecule has 1 aromatic heterocycles. The molecule has 0 saturated heterocycles. The van der Waals surface area contributed by atoms with Gasteiger partial charge in [0.25, 0.3) is 0 Å². The molecule has 1 aliphatic carbocycles. The van der Waals surface area contributed by atoms with Crippen LogP contribution < -0.4 is 5.73 Å². The Labute approximate surface area is 126 Å². The summed E-state index contributed by atoms with van der Waals surface area (Å²) >= 11 is 0. The van der Waals surface area contributed by atoms with Gasteiger partial charge in [0, 0.05) is 12.1 Å². The second-order valence-electron chi connectivity index (χ2n) is 5.97. The third-order valence-electron chi connectivity index (χ3n) is 4.44. The summed E-state index contributed by atoms with van der Waals surface area (Å²) in [6.45, 7) is 0.423. The maximum absolute atomic E-state index is 5.84. The maximum atomic E-state index is 5.84. The number of hydrogen-bond acceptors (Lipinski definition) is 3. The largest absolute Gasteiger partial charge is 0.324 e. The average molecular weight is 284 g/mol. The summed E-state index contributed by atoms with van der Waals surface area (Å²) in [7, 11) is 0. The van der Waals surface area contributed by atoms with Gasteiger partial charge in [0.1, 0.15) is 5.82 Å². The molecular formula is C17H24N4. The van der Waals surface area contributed by atoms with E-state index in [1.165, 1.54) is 38.5 Å². The lowest BCUT2D eigenvalue weighted by atomic mass is 9.96. The lowest BCUT2D eigenvalue weighted by Gasteiger charge is -2.15. The molecular weight excluding hydrogens is 260 g/mol. The van der Waals surface area contributed by atoms with Crippen LogP contribution in [0.2, 0.25) is 0 Å². The molecule has 21 heavy (non-hydrogen) atoms. The summed E-state index contributed by atoms with van der Waals surface area (Å²) in [6, 6.07) is 10.3. The minimum Gasteiger partial charge on any atom is -0.324 e. The van der Waals surface area contributed by atoms with Crippen molar-refractivity contribution in [1.82, 2.24) is 14.8 Å². The van der Waals surface area contributed by atoms with E-state index in [0.29, 0.717) is 6.54 Å². The molecule has 2 N–H and O–H groups in total. The minimum absolute atomic E-state index is 0.423. The van der Waals surface area contributed by atoms with E-state index in [1.807, 2.05) is 18.2 Å². The van der Waals surface area contributed by atoms with Gasteiger partial charge < -0.3 is 5.73 Å². The van der Waals surface area contributed by atoms with Crippen molar-refractivity contribution in [2.24, 2.45) is 11.7 Å². The summed E-state index contributed by atoms with van der Waals surface area (Å²) < 4.78 is 2.14. The predicted octanol–water partition coefficient (Wildman–Crippen LogP) is 3.24. The first-order valence-corrected chi connectivity index (χ1v) is 8.07.